The maximum Gasteiger partial charge on any atom is 0.244 e. The second-order valence-electron chi connectivity index (χ2n) is 9.06. The number of rotatable bonds is 3. The molecule has 4 aliphatic carbocycles. The lowest BCUT2D eigenvalue weighted by molar-refractivity contribution is -0.0720. The molecule has 1 aromatic carbocycles. The van der Waals surface area contributed by atoms with Crippen LogP contribution in [0.5, 0.6) is 0 Å². The Morgan fingerprint density at radius 2 is 1.29 bits per heavy atom. The molecule has 1 heterocycles. The van der Waals surface area contributed by atoms with Gasteiger partial charge in [0.25, 0.3) is 0 Å². The average molecular weight is 464 g/mol. The lowest BCUT2D eigenvalue weighted by atomic mass is 9.54. The van der Waals surface area contributed by atoms with Gasteiger partial charge in [0.1, 0.15) is 4.90 Å². The zero-order valence-corrected chi connectivity index (χ0v) is 18.7. The van der Waals surface area contributed by atoms with Gasteiger partial charge in [0, 0.05) is 32.2 Å². The van der Waals surface area contributed by atoms with Gasteiger partial charge in [-0.05, 0) is 67.9 Å². The first-order valence-corrected chi connectivity index (χ1v) is 12.8. The van der Waals surface area contributed by atoms with Crippen LogP contribution in [0.15, 0.2) is 17.0 Å². The summed E-state index contributed by atoms with van der Waals surface area (Å²) < 4.78 is 27.8. The van der Waals surface area contributed by atoms with Gasteiger partial charge < -0.3 is 0 Å². The van der Waals surface area contributed by atoms with Crippen molar-refractivity contribution < 1.29 is 8.42 Å². The Labute approximate surface area is 182 Å². The highest BCUT2D eigenvalue weighted by Gasteiger charge is 2.50. The maximum absolute atomic E-state index is 13.1. The van der Waals surface area contributed by atoms with E-state index in [9.17, 15) is 8.42 Å². The predicted molar refractivity (Wildman–Crippen MR) is 113 cm³/mol. The van der Waals surface area contributed by atoms with Crippen molar-refractivity contribution >= 4 is 44.8 Å². The highest BCUT2D eigenvalue weighted by Crippen LogP contribution is 2.55. The monoisotopic (exact) mass is 462 g/mol. The number of benzene rings is 1. The summed E-state index contributed by atoms with van der Waals surface area (Å²) in [4.78, 5) is 2.63. The van der Waals surface area contributed by atoms with Gasteiger partial charge in [-0.25, -0.2) is 8.42 Å². The third-order valence-corrected chi connectivity index (χ3v) is 10.5. The smallest absolute Gasteiger partial charge is 0.244 e. The van der Waals surface area contributed by atoms with Crippen molar-refractivity contribution in [2.24, 2.45) is 23.7 Å². The molecule has 1 aromatic rings. The van der Waals surface area contributed by atoms with E-state index >= 15 is 0 Å². The van der Waals surface area contributed by atoms with Crippen molar-refractivity contribution in [1.82, 2.24) is 9.21 Å². The van der Waals surface area contributed by atoms with Crippen LogP contribution in [0.3, 0.4) is 0 Å². The molecule has 4 bridgehead atoms. The Bertz CT molecular complexity index is 856. The molecule has 4 nitrogen and oxygen atoms in total. The van der Waals surface area contributed by atoms with E-state index in [-0.39, 0.29) is 20.0 Å². The van der Waals surface area contributed by atoms with Gasteiger partial charge >= 0.3 is 0 Å². The topological polar surface area (TPSA) is 40.6 Å². The van der Waals surface area contributed by atoms with Gasteiger partial charge in [-0.15, -0.1) is 0 Å². The minimum Gasteiger partial charge on any atom is -0.297 e. The second kappa shape index (κ2) is 7.28. The molecular formula is C20H25Cl3N2O2S. The van der Waals surface area contributed by atoms with Crippen molar-refractivity contribution in [3.63, 3.8) is 0 Å². The summed E-state index contributed by atoms with van der Waals surface area (Å²) in [6, 6.07) is 3.43. The van der Waals surface area contributed by atoms with E-state index in [0.29, 0.717) is 19.1 Å². The Balaban J connectivity index is 1.30. The van der Waals surface area contributed by atoms with Crippen molar-refractivity contribution in [2.45, 2.75) is 43.0 Å². The molecule has 5 aliphatic rings. The molecule has 0 atom stereocenters. The molecule has 6 rings (SSSR count). The van der Waals surface area contributed by atoms with Crippen LogP contribution in [-0.2, 0) is 10.0 Å². The van der Waals surface area contributed by atoms with Gasteiger partial charge in [-0.2, -0.15) is 4.31 Å². The van der Waals surface area contributed by atoms with Crippen LogP contribution in [0.4, 0.5) is 0 Å². The first kappa shape index (κ1) is 19.9. The number of sulfonamides is 1. The minimum absolute atomic E-state index is 0.0478. The summed E-state index contributed by atoms with van der Waals surface area (Å²) in [5.74, 6) is 3.56. The number of nitrogens with zero attached hydrogens (tertiary/aromatic N) is 2. The summed E-state index contributed by atoms with van der Waals surface area (Å²) in [6.07, 6.45) is 6.99. The molecule has 5 fully saturated rings. The molecule has 0 unspecified atom stereocenters. The Hall–Kier alpha value is -0.0400. The predicted octanol–water partition coefficient (Wildman–Crippen LogP) is 4.78. The van der Waals surface area contributed by atoms with E-state index in [4.69, 9.17) is 34.8 Å². The number of hydrogen-bond acceptors (Lipinski definition) is 3. The highest BCUT2D eigenvalue weighted by molar-refractivity contribution is 7.89. The quantitative estimate of drug-likeness (QED) is 0.606. The van der Waals surface area contributed by atoms with E-state index in [0.717, 1.165) is 36.8 Å². The van der Waals surface area contributed by atoms with Crippen LogP contribution < -0.4 is 0 Å². The van der Waals surface area contributed by atoms with Crippen LogP contribution in [0.2, 0.25) is 15.1 Å². The third kappa shape index (κ3) is 3.30. The largest absolute Gasteiger partial charge is 0.297 e. The van der Waals surface area contributed by atoms with Gasteiger partial charge in [0.05, 0.1) is 15.1 Å². The first-order valence-electron chi connectivity index (χ1n) is 10.2. The van der Waals surface area contributed by atoms with E-state index < -0.39 is 10.0 Å². The molecule has 0 aromatic heterocycles. The zero-order valence-electron chi connectivity index (χ0n) is 15.7. The highest BCUT2D eigenvalue weighted by atomic mass is 35.5. The van der Waals surface area contributed by atoms with Crippen LogP contribution in [0.25, 0.3) is 0 Å². The molecule has 8 heteroatoms. The standard InChI is InChI=1S/C20H25Cl3N2O2S/c21-16-10-18(23)19(11-17(16)22)28(26,27)25-3-1-24(2-4-25)20-14-6-12-5-13(8-14)9-15(20)7-12/h10-15,20H,1-9H2. The van der Waals surface area contributed by atoms with Gasteiger partial charge in [0.2, 0.25) is 10.0 Å². The molecule has 0 amide bonds. The lowest BCUT2D eigenvalue weighted by Crippen LogP contribution is -2.60. The maximum atomic E-state index is 13.1. The van der Waals surface area contributed by atoms with Crippen LogP contribution in [0, 0.1) is 23.7 Å². The summed E-state index contributed by atoms with van der Waals surface area (Å²) in [7, 11) is -3.67. The molecule has 0 N–H and O–H groups in total. The Morgan fingerprint density at radius 1 is 0.750 bits per heavy atom. The van der Waals surface area contributed by atoms with Gasteiger partial charge in [0.15, 0.2) is 0 Å². The summed E-state index contributed by atoms with van der Waals surface area (Å²) >= 11 is 18.2. The molecule has 154 valence electrons. The zero-order chi connectivity index (χ0) is 19.6. The molecular weight excluding hydrogens is 439 g/mol. The third-order valence-electron chi connectivity index (χ3n) is 7.46. The fraction of sp³-hybridized carbons (Fsp3) is 0.700. The Kier molecular flexibility index (Phi) is 5.17. The molecule has 1 aliphatic heterocycles. The van der Waals surface area contributed by atoms with E-state index in [1.807, 2.05) is 0 Å². The van der Waals surface area contributed by atoms with Crippen LogP contribution in [-0.4, -0.2) is 49.8 Å². The van der Waals surface area contributed by atoms with Crippen LogP contribution in [0.1, 0.15) is 32.1 Å². The van der Waals surface area contributed by atoms with E-state index in [1.165, 1.54) is 44.2 Å². The number of piperazine rings is 1. The molecule has 28 heavy (non-hydrogen) atoms. The summed E-state index contributed by atoms with van der Waals surface area (Å²) in [5.41, 5.74) is 0. The van der Waals surface area contributed by atoms with Gasteiger partial charge in [-0.3, -0.25) is 4.90 Å². The number of halogens is 3. The van der Waals surface area contributed by atoms with Crippen molar-refractivity contribution in [3.05, 3.63) is 27.2 Å². The minimum atomic E-state index is -3.67. The van der Waals surface area contributed by atoms with Crippen molar-refractivity contribution in [3.8, 4) is 0 Å². The van der Waals surface area contributed by atoms with Crippen molar-refractivity contribution in [1.29, 1.82) is 0 Å². The SMILES string of the molecule is O=S(=O)(c1cc(Cl)c(Cl)cc1Cl)N1CCN(C2C3CC4CC(C3)CC2C4)CC1. The molecule has 0 spiro atoms. The van der Waals surface area contributed by atoms with E-state index in [1.54, 1.807) is 4.31 Å². The summed E-state index contributed by atoms with van der Waals surface area (Å²) in [5, 5.41) is 0.590. The van der Waals surface area contributed by atoms with Crippen molar-refractivity contribution in [2.75, 3.05) is 26.2 Å². The first-order chi connectivity index (χ1) is 13.3. The second-order valence-corrected chi connectivity index (χ2v) is 12.2. The molecule has 4 saturated carbocycles. The lowest BCUT2D eigenvalue weighted by Gasteiger charge is -2.58. The number of hydrogen-bond donors (Lipinski definition) is 0. The van der Waals surface area contributed by atoms with Gasteiger partial charge in [-0.1, -0.05) is 34.8 Å². The normalized spacial score (nSPS) is 36.2. The van der Waals surface area contributed by atoms with E-state index in [2.05, 4.69) is 4.90 Å². The molecule has 1 saturated heterocycles. The summed E-state index contributed by atoms with van der Waals surface area (Å²) in [6.45, 7) is 2.60. The average Bonchev–Trinajstić information content (AvgIpc) is 2.64. The molecule has 0 radical (unpaired) electrons. The Morgan fingerprint density at radius 3 is 1.86 bits per heavy atom. The fourth-order valence-corrected chi connectivity index (χ4v) is 8.97. The van der Waals surface area contributed by atoms with Crippen LogP contribution >= 0.6 is 34.8 Å². The fourth-order valence-electron chi connectivity index (χ4n) is 6.58.